The van der Waals surface area contributed by atoms with E-state index in [1.54, 1.807) is 31.4 Å². The Morgan fingerprint density at radius 1 is 1.21 bits per heavy atom. The molecule has 0 aliphatic carbocycles. The van der Waals surface area contributed by atoms with Crippen LogP contribution in [0.5, 0.6) is 5.75 Å². The van der Waals surface area contributed by atoms with Crippen LogP contribution in [-0.2, 0) is 11.0 Å². The van der Waals surface area contributed by atoms with Crippen LogP contribution < -0.4 is 10.1 Å². The van der Waals surface area contributed by atoms with E-state index in [1.165, 1.54) is 6.07 Å². The van der Waals surface area contributed by atoms with Crippen LogP contribution in [0, 0.1) is 0 Å². The van der Waals surface area contributed by atoms with Crippen molar-refractivity contribution in [2.24, 2.45) is 0 Å². The lowest BCUT2D eigenvalue weighted by Gasteiger charge is -2.11. The Kier molecular flexibility index (Phi) is 6.33. The number of thioether (sulfide) groups is 1. The molecule has 3 aromatic rings. The maximum atomic E-state index is 12.9. The average molecular weight is 443 g/mol. The van der Waals surface area contributed by atoms with Gasteiger partial charge in [-0.2, -0.15) is 13.2 Å². The number of hydrogen-bond acceptors (Lipinski definition) is 5. The summed E-state index contributed by atoms with van der Waals surface area (Å²) in [5.74, 6) is 0.660. The van der Waals surface area contributed by atoms with Crippen LogP contribution in [0.3, 0.4) is 0 Å². The number of alkyl halides is 3. The van der Waals surface area contributed by atoms with E-state index in [0.29, 0.717) is 16.7 Å². The second kappa shape index (κ2) is 8.75. The highest BCUT2D eigenvalue weighted by molar-refractivity contribution is 7.99. The second-order valence-electron chi connectivity index (χ2n) is 5.74. The van der Waals surface area contributed by atoms with Gasteiger partial charge < -0.3 is 15.0 Å². The SMILES string of the molecule is COc1ccc(-c2nnc(SCC(=O)Nc3ccc(Cl)c(C(F)(F)F)c3)[nH]2)cc1. The number of aromatic amines is 1. The third-order valence-electron chi connectivity index (χ3n) is 3.73. The summed E-state index contributed by atoms with van der Waals surface area (Å²) in [6.45, 7) is 0. The molecule has 0 radical (unpaired) electrons. The number of halogens is 4. The van der Waals surface area contributed by atoms with E-state index in [4.69, 9.17) is 16.3 Å². The van der Waals surface area contributed by atoms with Gasteiger partial charge in [-0.1, -0.05) is 23.4 Å². The zero-order valence-electron chi connectivity index (χ0n) is 14.9. The lowest BCUT2D eigenvalue weighted by Crippen LogP contribution is -2.15. The molecule has 29 heavy (non-hydrogen) atoms. The molecule has 0 saturated heterocycles. The Balaban J connectivity index is 1.59. The topological polar surface area (TPSA) is 79.9 Å². The fourth-order valence-electron chi connectivity index (χ4n) is 2.34. The summed E-state index contributed by atoms with van der Waals surface area (Å²) in [6, 6.07) is 10.3. The number of nitrogens with one attached hydrogen (secondary N) is 2. The largest absolute Gasteiger partial charge is 0.497 e. The molecule has 0 aliphatic heterocycles. The molecular formula is C18H14ClF3N4O2S. The van der Waals surface area contributed by atoms with Crippen LogP contribution >= 0.6 is 23.4 Å². The number of nitrogens with zero attached hydrogens (tertiary/aromatic N) is 2. The minimum absolute atomic E-state index is 0.00353. The van der Waals surface area contributed by atoms with Crippen molar-refractivity contribution in [1.29, 1.82) is 0 Å². The quantitative estimate of drug-likeness (QED) is 0.532. The Morgan fingerprint density at radius 3 is 2.59 bits per heavy atom. The molecule has 0 fully saturated rings. The van der Waals surface area contributed by atoms with Crippen molar-refractivity contribution in [2.45, 2.75) is 11.3 Å². The second-order valence-corrected chi connectivity index (χ2v) is 7.11. The van der Waals surface area contributed by atoms with Crippen molar-refractivity contribution in [3.8, 4) is 17.1 Å². The molecule has 0 spiro atoms. The molecule has 0 unspecified atom stereocenters. The highest BCUT2D eigenvalue weighted by Gasteiger charge is 2.33. The molecule has 1 amide bonds. The molecular weight excluding hydrogens is 429 g/mol. The summed E-state index contributed by atoms with van der Waals surface area (Å²) in [4.78, 5) is 15.0. The van der Waals surface area contributed by atoms with Gasteiger partial charge in [0.15, 0.2) is 11.0 Å². The monoisotopic (exact) mass is 442 g/mol. The summed E-state index contributed by atoms with van der Waals surface area (Å²) in [6.07, 6.45) is -4.61. The number of H-pyrrole nitrogens is 1. The lowest BCUT2D eigenvalue weighted by atomic mass is 10.2. The molecule has 2 aromatic carbocycles. The van der Waals surface area contributed by atoms with E-state index in [1.807, 2.05) is 0 Å². The summed E-state index contributed by atoms with van der Waals surface area (Å²) < 4.78 is 43.8. The molecule has 0 saturated carbocycles. The Labute approximate surface area is 172 Å². The van der Waals surface area contributed by atoms with Gasteiger partial charge in [0, 0.05) is 11.3 Å². The molecule has 0 aliphatic rings. The number of hydrogen-bond donors (Lipinski definition) is 2. The summed E-state index contributed by atoms with van der Waals surface area (Å²) >= 11 is 6.63. The number of carbonyl (C=O) groups is 1. The van der Waals surface area contributed by atoms with Crippen molar-refractivity contribution in [2.75, 3.05) is 18.2 Å². The van der Waals surface area contributed by atoms with Crippen molar-refractivity contribution < 1.29 is 22.7 Å². The van der Waals surface area contributed by atoms with Crippen LogP contribution in [0.4, 0.5) is 18.9 Å². The van der Waals surface area contributed by atoms with E-state index in [9.17, 15) is 18.0 Å². The molecule has 6 nitrogen and oxygen atoms in total. The van der Waals surface area contributed by atoms with Gasteiger partial charge in [0.1, 0.15) is 5.75 Å². The van der Waals surface area contributed by atoms with Gasteiger partial charge in [-0.15, -0.1) is 10.2 Å². The van der Waals surface area contributed by atoms with Crippen molar-refractivity contribution in [3.05, 3.63) is 53.1 Å². The first-order valence-electron chi connectivity index (χ1n) is 8.13. The summed E-state index contributed by atoms with van der Waals surface area (Å²) in [7, 11) is 1.57. The maximum absolute atomic E-state index is 12.9. The van der Waals surface area contributed by atoms with E-state index in [0.717, 1.165) is 29.5 Å². The molecule has 1 aromatic heterocycles. The number of methoxy groups -OCH3 is 1. The average Bonchev–Trinajstić information content (AvgIpc) is 3.16. The third-order valence-corrected chi connectivity index (χ3v) is 4.92. The fraction of sp³-hybridized carbons (Fsp3) is 0.167. The fourth-order valence-corrected chi connectivity index (χ4v) is 3.17. The van der Waals surface area contributed by atoms with Gasteiger partial charge in [-0.3, -0.25) is 4.79 Å². The molecule has 0 bridgehead atoms. The third kappa shape index (κ3) is 5.42. The van der Waals surface area contributed by atoms with E-state index in [2.05, 4.69) is 20.5 Å². The van der Waals surface area contributed by atoms with Gasteiger partial charge in [0.25, 0.3) is 0 Å². The first kappa shape index (κ1) is 21.0. The molecule has 11 heteroatoms. The first-order chi connectivity index (χ1) is 13.8. The van der Waals surface area contributed by atoms with Crippen LogP contribution in [0.1, 0.15) is 5.56 Å². The first-order valence-corrected chi connectivity index (χ1v) is 9.49. The van der Waals surface area contributed by atoms with Gasteiger partial charge >= 0.3 is 6.18 Å². The van der Waals surface area contributed by atoms with Crippen LogP contribution in [0.25, 0.3) is 11.4 Å². The normalized spacial score (nSPS) is 11.3. The zero-order valence-corrected chi connectivity index (χ0v) is 16.5. The predicted octanol–water partition coefficient (Wildman–Crippen LogP) is 4.88. The van der Waals surface area contributed by atoms with Crippen molar-refractivity contribution in [3.63, 3.8) is 0 Å². The summed E-state index contributed by atoms with van der Waals surface area (Å²) in [5.41, 5.74) is -0.219. The molecule has 3 rings (SSSR count). The molecule has 0 atom stereocenters. The Morgan fingerprint density at radius 2 is 1.93 bits per heavy atom. The predicted molar refractivity (Wildman–Crippen MR) is 104 cm³/mol. The minimum atomic E-state index is -4.61. The summed E-state index contributed by atoms with van der Waals surface area (Å²) in [5, 5.41) is 10.3. The van der Waals surface area contributed by atoms with Crippen LogP contribution in [-0.4, -0.2) is 34.0 Å². The van der Waals surface area contributed by atoms with Gasteiger partial charge in [-0.25, -0.2) is 0 Å². The van der Waals surface area contributed by atoms with Crippen molar-refractivity contribution >= 4 is 35.0 Å². The number of amides is 1. The highest BCUT2D eigenvalue weighted by Crippen LogP contribution is 2.36. The smallest absolute Gasteiger partial charge is 0.417 e. The number of benzene rings is 2. The molecule has 2 N–H and O–H groups in total. The van der Waals surface area contributed by atoms with Gasteiger partial charge in [0.2, 0.25) is 5.91 Å². The van der Waals surface area contributed by atoms with Crippen LogP contribution in [0.2, 0.25) is 5.02 Å². The number of anilines is 1. The van der Waals surface area contributed by atoms with Crippen LogP contribution in [0.15, 0.2) is 47.6 Å². The highest BCUT2D eigenvalue weighted by atomic mass is 35.5. The minimum Gasteiger partial charge on any atom is -0.497 e. The van der Waals surface area contributed by atoms with E-state index >= 15 is 0 Å². The Hall–Kier alpha value is -2.72. The van der Waals surface area contributed by atoms with E-state index in [-0.39, 0.29) is 11.4 Å². The number of carbonyl (C=O) groups excluding carboxylic acids is 1. The number of ether oxygens (including phenoxy) is 1. The molecule has 152 valence electrons. The van der Waals surface area contributed by atoms with Crippen molar-refractivity contribution in [1.82, 2.24) is 15.2 Å². The van der Waals surface area contributed by atoms with Gasteiger partial charge in [0.05, 0.1) is 23.4 Å². The molecule has 1 heterocycles. The number of rotatable bonds is 6. The van der Waals surface area contributed by atoms with Gasteiger partial charge in [-0.05, 0) is 42.5 Å². The Bertz CT molecular complexity index is 1010. The lowest BCUT2D eigenvalue weighted by molar-refractivity contribution is -0.137. The maximum Gasteiger partial charge on any atom is 0.417 e. The van der Waals surface area contributed by atoms with E-state index < -0.39 is 22.7 Å². The standard InChI is InChI=1S/C18H14ClF3N4O2S/c1-28-12-5-2-10(3-6-12)16-24-17(26-25-16)29-9-15(27)23-11-4-7-14(19)13(8-11)18(20,21)22/h2-8H,9H2,1H3,(H,23,27)(H,24,25,26). The zero-order chi connectivity index (χ0) is 21.0. The number of aromatic nitrogens is 3.